The summed E-state index contributed by atoms with van der Waals surface area (Å²) in [6.07, 6.45) is -1.23. The average Bonchev–Trinajstić information content (AvgIpc) is 3.61. The van der Waals surface area contributed by atoms with Gasteiger partial charge in [-0.15, -0.1) is 11.3 Å². The van der Waals surface area contributed by atoms with E-state index >= 15 is 0 Å². The van der Waals surface area contributed by atoms with E-state index in [1.165, 1.54) is 34.9 Å². The molecule has 10 nitrogen and oxygen atoms in total. The Balaban J connectivity index is 1.36. The third-order valence-corrected chi connectivity index (χ3v) is 7.53. The molecule has 4 rings (SSSR count). The Kier molecular flexibility index (Phi) is 10.0. The van der Waals surface area contributed by atoms with Crippen LogP contribution >= 0.6 is 11.3 Å². The summed E-state index contributed by atoms with van der Waals surface area (Å²) in [5.41, 5.74) is 0.535. The SMILES string of the molecule is C[C@@H](NC(=O)[C@@H]1C[C@@H](OC(F)F)CN1C(=O)CNC(=O)c1ccc(Oc2ccccc2)cc1)c1cc(B(O)O)cs1. The number of para-hydroxylation sites is 1. The molecule has 1 aliphatic heterocycles. The Hall–Kier alpha value is -3.85. The number of nitrogens with zero attached hydrogens (tertiary/aromatic N) is 1. The fraction of sp³-hybridized carbons (Fsp3) is 0.296. The maximum Gasteiger partial charge on any atom is 0.489 e. The van der Waals surface area contributed by atoms with E-state index in [1.54, 1.807) is 31.2 Å². The van der Waals surface area contributed by atoms with Gasteiger partial charge in [-0.05, 0) is 60.2 Å². The molecule has 14 heteroatoms. The van der Waals surface area contributed by atoms with E-state index < -0.39 is 56.2 Å². The van der Waals surface area contributed by atoms with Gasteiger partial charge in [0.2, 0.25) is 11.8 Å². The van der Waals surface area contributed by atoms with Crippen molar-refractivity contribution >= 4 is 41.6 Å². The van der Waals surface area contributed by atoms with Gasteiger partial charge in [-0.25, -0.2) is 0 Å². The molecule has 4 N–H and O–H groups in total. The Morgan fingerprint density at radius 2 is 1.78 bits per heavy atom. The number of nitrogens with one attached hydrogen (secondary N) is 2. The first-order valence-electron chi connectivity index (χ1n) is 12.7. The van der Waals surface area contributed by atoms with Gasteiger partial charge < -0.3 is 35.1 Å². The van der Waals surface area contributed by atoms with Crippen LogP contribution in [-0.2, 0) is 14.3 Å². The highest BCUT2D eigenvalue weighted by Gasteiger charge is 2.41. The van der Waals surface area contributed by atoms with Crippen molar-refractivity contribution in [2.24, 2.45) is 0 Å². The van der Waals surface area contributed by atoms with Crippen LogP contribution in [0.3, 0.4) is 0 Å². The second-order valence-corrected chi connectivity index (χ2v) is 10.3. The molecular weight excluding hydrogens is 559 g/mol. The third-order valence-electron chi connectivity index (χ3n) is 6.40. The zero-order valence-electron chi connectivity index (χ0n) is 21.9. The molecule has 0 saturated carbocycles. The monoisotopic (exact) mass is 587 g/mol. The quantitative estimate of drug-likeness (QED) is 0.252. The van der Waals surface area contributed by atoms with E-state index in [9.17, 15) is 33.2 Å². The molecule has 0 aliphatic carbocycles. The fourth-order valence-corrected chi connectivity index (χ4v) is 5.26. The van der Waals surface area contributed by atoms with Gasteiger partial charge in [0.05, 0.1) is 18.7 Å². The molecule has 0 spiro atoms. The smallest absolute Gasteiger partial charge is 0.457 e. The Morgan fingerprint density at radius 3 is 2.41 bits per heavy atom. The number of hydrogen-bond acceptors (Lipinski definition) is 8. The Morgan fingerprint density at radius 1 is 1.10 bits per heavy atom. The molecule has 1 aliphatic rings. The summed E-state index contributed by atoms with van der Waals surface area (Å²) in [7, 11) is -1.66. The second kappa shape index (κ2) is 13.7. The second-order valence-electron chi connectivity index (χ2n) is 9.32. The van der Waals surface area contributed by atoms with Crippen molar-refractivity contribution in [2.75, 3.05) is 13.1 Å². The number of hydrogen-bond donors (Lipinski definition) is 4. The van der Waals surface area contributed by atoms with Crippen molar-refractivity contribution in [1.29, 1.82) is 0 Å². The molecule has 3 atom stereocenters. The van der Waals surface area contributed by atoms with Gasteiger partial charge in [-0.3, -0.25) is 14.4 Å². The molecule has 1 saturated heterocycles. The number of benzene rings is 2. The molecule has 2 heterocycles. The zero-order chi connectivity index (χ0) is 29.5. The molecule has 1 fully saturated rings. The van der Waals surface area contributed by atoms with E-state index in [0.29, 0.717) is 16.4 Å². The standard InChI is InChI=1S/C27H28BF2N3O7S/c1-16(23-11-18(15-41-23)28(37)38)32-26(36)22-12-21(40-27(29)30)14-33(22)24(34)13-31-25(35)17-7-9-20(10-8-17)39-19-5-3-2-4-6-19/h2-11,15-16,21-22,27,37-38H,12-14H2,1H3,(H,31,35)(H,32,36)/t16-,21-,22+/m1/s1. The van der Waals surface area contributed by atoms with Crippen molar-refractivity contribution in [1.82, 2.24) is 15.5 Å². The predicted molar refractivity (Wildman–Crippen MR) is 147 cm³/mol. The summed E-state index contributed by atoms with van der Waals surface area (Å²) in [5, 5.41) is 25.4. The normalized spacial score (nSPS) is 17.3. The highest BCUT2D eigenvalue weighted by molar-refractivity contribution is 7.11. The lowest BCUT2D eigenvalue weighted by molar-refractivity contribution is -0.160. The molecule has 3 amide bonds. The number of carbonyl (C=O) groups excluding carboxylic acids is 3. The van der Waals surface area contributed by atoms with Crippen LogP contribution in [0.5, 0.6) is 11.5 Å². The lowest BCUT2D eigenvalue weighted by Gasteiger charge is -2.25. The van der Waals surface area contributed by atoms with E-state index in [1.807, 2.05) is 18.2 Å². The number of amides is 3. The summed E-state index contributed by atoms with van der Waals surface area (Å²) in [5.74, 6) is -0.630. The Bertz CT molecular complexity index is 1340. The topological polar surface area (TPSA) is 137 Å². The number of alkyl halides is 2. The molecule has 216 valence electrons. The van der Waals surface area contributed by atoms with Crippen LogP contribution in [0, 0.1) is 0 Å². The zero-order valence-corrected chi connectivity index (χ0v) is 22.7. The summed E-state index contributed by atoms with van der Waals surface area (Å²) in [4.78, 5) is 40.5. The number of rotatable bonds is 11. The minimum Gasteiger partial charge on any atom is -0.457 e. The molecule has 3 aromatic rings. The van der Waals surface area contributed by atoms with Crippen molar-refractivity contribution < 1.29 is 42.7 Å². The lowest BCUT2D eigenvalue weighted by atomic mass is 9.82. The number of likely N-dealkylation sites (tertiary alicyclic amines) is 1. The van der Waals surface area contributed by atoms with Crippen LogP contribution < -0.4 is 20.8 Å². The molecular formula is C27H28BF2N3O7S. The van der Waals surface area contributed by atoms with Gasteiger partial charge in [0, 0.05) is 23.4 Å². The molecule has 0 radical (unpaired) electrons. The van der Waals surface area contributed by atoms with Crippen LogP contribution in [0.2, 0.25) is 0 Å². The Labute approximate surface area is 239 Å². The van der Waals surface area contributed by atoms with Crippen LogP contribution in [0.25, 0.3) is 0 Å². The van der Waals surface area contributed by atoms with Crippen LogP contribution in [0.15, 0.2) is 66.0 Å². The first-order valence-corrected chi connectivity index (χ1v) is 13.6. The van der Waals surface area contributed by atoms with E-state index in [2.05, 4.69) is 15.4 Å². The summed E-state index contributed by atoms with van der Waals surface area (Å²) >= 11 is 1.20. The van der Waals surface area contributed by atoms with Crippen molar-refractivity contribution in [3.05, 3.63) is 76.5 Å². The summed E-state index contributed by atoms with van der Waals surface area (Å²) < 4.78 is 36.1. The number of halogens is 2. The number of ether oxygens (including phenoxy) is 2. The van der Waals surface area contributed by atoms with Crippen LogP contribution in [0.4, 0.5) is 8.78 Å². The lowest BCUT2D eigenvalue weighted by Crippen LogP contribution is -2.49. The van der Waals surface area contributed by atoms with Crippen LogP contribution in [-0.4, -0.2) is 71.6 Å². The fourth-order valence-electron chi connectivity index (χ4n) is 4.34. The number of thiophene rings is 1. The van der Waals surface area contributed by atoms with E-state index in [4.69, 9.17) is 4.74 Å². The van der Waals surface area contributed by atoms with Gasteiger partial charge in [0.15, 0.2) is 0 Å². The van der Waals surface area contributed by atoms with Gasteiger partial charge in [-0.2, -0.15) is 8.78 Å². The average molecular weight is 587 g/mol. The largest absolute Gasteiger partial charge is 0.489 e. The van der Waals surface area contributed by atoms with Crippen molar-refractivity contribution in [3.63, 3.8) is 0 Å². The first kappa shape index (κ1) is 30.1. The molecule has 0 bridgehead atoms. The maximum atomic E-state index is 13.1. The third kappa shape index (κ3) is 8.10. The molecule has 1 aromatic heterocycles. The molecule has 41 heavy (non-hydrogen) atoms. The highest BCUT2D eigenvalue weighted by atomic mass is 32.1. The molecule has 0 unspecified atom stereocenters. The summed E-state index contributed by atoms with van der Waals surface area (Å²) in [6, 6.07) is 15.2. The van der Waals surface area contributed by atoms with Gasteiger partial charge >= 0.3 is 13.7 Å². The molecule has 2 aromatic carbocycles. The minimum absolute atomic E-state index is 0.156. The van der Waals surface area contributed by atoms with E-state index in [-0.39, 0.29) is 24.0 Å². The van der Waals surface area contributed by atoms with Gasteiger partial charge in [0.1, 0.15) is 17.5 Å². The predicted octanol–water partition coefficient (Wildman–Crippen LogP) is 2.04. The van der Waals surface area contributed by atoms with Gasteiger partial charge in [-0.1, -0.05) is 18.2 Å². The van der Waals surface area contributed by atoms with Crippen molar-refractivity contribution in [3.8, 4) is 11.5 Å². The van der Waals surface area contributed by atoms with Crippen molar-refractivity contribution in [2.45, 2.75) is 38.1 Å². The minimum atomic E-state index is -3.08. The maximum absolute atomic E-state index is 13.1. The first-order chi connectivity index (χ1) is 19.6. The van der Waals surface area contributed by atoms with Gasteiger partial charge in [0.25, 0.3) is 5.91 Å². The summed E-state index contributed by atoms with van der Waals surface area (Å²) in [6.45, 7) is -2.13. The van der Waals surface area contributed by atoms with Crippen LogP contribution in [0.1, 0.15) is 34.6 Å². The van der Waals surface area contributed by atoms with E-state index in [0.717, 1.165) is 4.90 Å². The number of carbonyl (C=O) groups is 3. The highest BCUT2D eigenvalue weighted by Crippen LogP contribution is 2.25.